The third-order valence-electron chi connectivity index (χ3n) is 3.14. The van der Waals surface area contributed by atoms with Gasteiger partial charge in [-0.05, 0) is 50.5 Å². The van der Waals surface area contributed by atoms with Gasteiger partial charge in [0.15, 0.2) is 0 Å². The second kappa shape index (κ2) is 4.88. The molecule has 17 heavy (non-hydrogen) atoms. The fourth-order valence-electron chi connectivity index (χ4n) is 2.19. The summed E-state index contributed by atoms with van der Waals surface area (Å²) < 4.78 is 15.3. The molecule has 0 saturated carbocycles. The van der Waals surface area contributed by atoms with Crippen LogP contribution in [0.15, 0.2) is 24.4 Å². The van der Waals surface area contributed by atoms with Gasteiger partial charge in [-0.15, -0.1) is 0 Å². The molecule has 92 valence electrons. The summed E-state index contributed by atoms with van der Waals surface area (Å²) in [6, 6.07) is 5.20. The SMILES string of the molecule is CCn1cc(CCC(C)N)c2ccc(F)cc21. The van der Waals surface area contributed by atoms with Crippen molar-refractivity contribution < 1.29 is 4.39 Å². The minimum Gasteiger partial charge on any atom is -0.347 e. The zero-order chi connectivity index (χ0) is 12.4. The van der Waals surface area contributed by atoms with Crippen molar-refractivity contribution >= 4 is 10.9 Å². The van der Waals surface area contributed by atoms with Gasteiger partial charge < -0.3 is 10.3 Å². The number of hydrogen-bond acceptors (Lipinski definition) is 1. The lowest BCUT2D eigenvalue weighted by Crippen LogP contribution is -2.15. The van der Waals surface area contributed by atoms with Gasteiger partial charge in [0, 0.05) is 24.2 Å². The molecule has 0 aliphatic carbocycles. The van der Waals surface area contributed by atoms with Crippen molar-refractivity contribution in [1.82, 2.24) is 4.57 Å². The molecule has 2 N–H and O–H groups in total. The van der Waals surface area contributed by atoms with Crippen molar-refractivity contribution in [3.05, 3.63) is 35.8 Å². The van der Waals surface area contributed by atoms with Gasteiger partial charge in [-0.1, -0.05) is 0 Å². The second-order valence-electron chi connectivity index (χ2n) is 4.62. The summed E-state index contributed by atoms with van der Waals surface area (Å²) in [5.41, 5.74) is 8.02. The molecule has 2 nitrogen and oxygen atoms in total. The Morgan fingerprint density at radius 3 is 2.82 bits per heavy atom. The lowest BCUT2D eigenvalue weighted by atomic mass is 10.1. The molecule has 0 aliphatic rings. The van der Waals surface area contributed by atoms with Crippen LogP contribution in [0.4, 0.5) is 4.39 Å². The summed E-state index contributed by atoms with van der Waals surface area (Å²) in [7, 11) is 0. The van der Waals surface area contributed by atoms with Crippen LogP contribution >= 0.6 is 0 Å². The minimum atomic E-state index is -0.177. The average Bonchev–Trinajstić information content (AvgIpc) is 2.63. The number of aromatic nitrogens is 1. The highest BCUT2D eigenvalue weighted by Crippen LogP contribution is 2.23. The van der Waals surface area contributed by atoms with Crippen LogP contribution < -0.4 is 5.73 Å². The highest BCUT2D eigenvalue weighted by molar-refractivity contribution is 5.84. The Balaban J connectivity index is 2.42. The fourth-order valence-corrected chi connectivity index (χ4v) is 2.19. The molecule has 2 rings (SSSR count). The van der Waals surface area contributed by atoms with Crippen LogP contribution in [0.25, 0.3) is 10.9 Å². The van der Waals surface area contributed by atoms with E-state index in [0.29, 0.717) is 0 Å². The second-order valence-corrected chi connectivity index (χ2v) is 4.62. The summed E-state index contributed by atoms with van der Waals surface area (Å²) in [5, 5.41) is 1.15. The smallest absolute Gasteiger partial charge is 0.125 e. The first-order chi connectivity index (χ1) is 8.11. The quantitative estimate of drug-likeness (QED) is 0.866. The Morgan fingerprint density at radius 2 is 2.18 bits per heavy atom. The standard InChI is InChI=1S/C14H19FN2/c1-3-17-9-11(5-4-10(2)16)13-7-6-12(15)8-14(13)17/h6-10H,3-5,16H2,1-2H3. The number of fused-ring (bicyclic) bond motifs is 1. The molecule has 1 atom stereocenters. The first-order valence-corrected chi connectivity index (χ1v) is 6.14. The van der Waals surface area contributed by atoms with E-state index in [-0.39, 0.29) is 11.9 Å². The van der Waals surface area contributed by atoms with E-state index < -0.39 is 0 Å². The van der Waals surface area contributed by atoms with Crippen molar-refractivity contribution in [2.75, 3.05) is 0 Å². The third kappa shape index (κ3) is 2.50. The average molecular weight is 234 g/mol. The molecule has 1 aromatic heterocycles. The number of hydrogen-bond donors (Lipinski definition) is 1. The van der Waals surface area contributed by atoms with E-state index in [1.54, 1.807) is 6.07 Å². The molecule has 1 unspecified atom stereocenters. The molecule has 0 aliphatic heterocycles. The first kappa shape index (κ1) is 12.1. The molecule has 0 radical (unpaired) electrons. The Labute approximate surface area is 101 Å². The number of nitrogens with two attached hydrogens (primary N) is 1. The largest absolute Gasteiger partial charge is 0.347 e. The molecular formula is C14H19FN2. The maximum absolute atomic E-state index is 13.2. The summed E-state index contributed by atoms with van der Waals surface area (Å²) in [6.07, 6.45) is 4.03. The summed E-state index contributed by atoms with van der Waals surface area (Å²) in [6.45, 7) is 4.94. The molecule has 2 aromatic rings. The van der Waals surface area contributed by atoms with E-state index in [2.05, 4.69) is 17.7 Å². The topological polar surface area (TPSA) is 30.9 Å². The lowest BCUT2D eigenvalue weighted by molar-refractivity contribution is 0.628. The number of rotatable bonds is 4. The normalized spacial score (nSPS) is 13.2. The van der Waals surface area contributed by atoms with Crippen molar-refractivity contribution in [1.29, 1.82) is 0 Å². The van der Waals surface area contributed by atoms with Crippen LogP contribution in [0.2, 0.25) is 0 Å². The highest BCUT2D eigenvalue weighted by atomic mass is 19.1. The molecular weight excluding hydrogens is 215 g/mol. The fraction of sp³-hybridized carbons (Fsp3) is 0.429. The Morgan fingerprint density at radius 1 is 1.41 bits per heavy atom. The predicted octanol–water partition coefficient (Wildman–Crippen LogP) is 3.08. The Bertz CT molecular complexity index is 514. The van der Waals surface area contributed by atoms with E-state index in [9.17, 15) is 4.39 Å². The zero-order valence-corrected chi connectivity index (χ0v) is 10.4. The molecule has 0 bridgehead atoms. The van der Waals surface area contributed by atoms with E-state index in [1.807, 2.05) is 13.0 Å². The maximum Gasteiger partial charge on any atom is 0.125 e. The number of benzene rings is 1. The number of nitrogens with zero attached hydrogens (tertiary/aromatic N) is 1. The number of aryl methyl sites for hydroxylation is 2. The van der Waals surface area contributed by atoms with Crippen LogP contribution in [0.3, 0.4) is 0 Å². The van der Waals surface area contributed by atoms with Gasteiger partial charge in [0.05, 0.1) is 5.52 Å². The highest BCUT2D eigenvalue weighted by Gasteiger charge is 2.09. The molecule has 0 spiro atoms. The van der Waals surface area contributed by atoms with E-state index >= 15 is 0 Å². The molecule has 0 saturated heterocycles. The van der Waals surface area contributed by atoms with Crippen LogP contribution in [-0.2, 0) is 13.0 Å². The molecule has 3 heteroatoms. The zero-order valence-electron chi connectivity index (χ0n) is 10.4. The van der Waals surface area contributed by atoms with Crippen LogP contribution in [-0.4, -0.2) is 10.6 Å². The maximum atomic E-state index is 13.2. The molecule has 0 amide bonds. The van der Waals surface area contributed by atoms with Crippen LogP contribution in [0.1, 0.15) is 25.8 Å². The summed E-state index contributed by atoms with van der Waals surface area (Å²) in [5.74, 6) is -0.177. The monoisotopic (exact) mass is 234 g/mol. The molecule has 1 aromatic carbocycles. The number of halogens is 1. The molecule has 1 heterocycles. The van der Waals surface area contributed by atoms with Crippen molar-refractivity contribution in [2.45, 2.75) is 39.3 Å². The van der Waals surface area contributed by atoms with Gasteiger partial charge in [-0.25, -0.2) is 4.39 Å². The van der Waals surface area contributed by atoms with Gasteiger partial charge in [-0.3, -0.25) is 0 Å². The van der Waals surface area contributed by atoms with E-state index in [1.165, 1.54) is 11.6 Å². The van der Waals surface area contributed by atoms with Gasteiger partial charge in [0.25, 0.3) is 0 Å². The van der Waals surface area contributed by atoms with Gasteiger partial charge in [0.2, 0.25) is 0 Å². The van der Waals surface area contributed by atoms with Crippen molar-refractivity contribution in [3.63, 3.8) is 0 Å². The Hall–Kier alpha value is -1.35. The van der Waals surface area contributed by atoms with Gasteiger partial charge >= 0.3 is 0 Å². The van der Waals surface area contributed by atoms with Crippen LogP contribution in [0, 0.1) is 5.82 Å². The summed E-state index contributed by atoms with van der Waals surface area (Å²) >= 11 is 0. The van der Waals surface area contributed by atoms with Gasteiger partial charge in [-0.2, -0.15) is 0 Å². The minimum absolute atomic E-state index is 0.177. The predicted molar refractivity (Wildman–Crippen MR) is 69.5 cm³/mol. The van der Waals surface area contributed by atoms with Crippen molar-refractivity contribution in [3.8, 4) is 0 Å². The van der Waals surface area contributed by atoms with E-state index in [0.717, 1.165) is 30.3 Å². The van der Waals surface area contributed by atoms with Crippen molar-refractivity contribution in [2.24, 2.45) is 5.73 Å². The molecule has 0 fully saturated rings. The third-order valence-corrected chi connectivity index (χ3v) is 3.14. The first-order valence-electron chi connectivity index (χ1n) is 6.14. The summed E-state index contributed by atoms with van der Waals surface area (Å²) in [4.78, 5) is 0. The lowest BCUT2D eigenvalue weighted by Gasteiger charge is -2.03. The van der Waals surface area contributed by atoms with Gasteiger partial charge in [0.1, 0.15) is 5.82 Å². The Kier molecular flexibility index (Phi) is 3.48. The van der Waals surface area contributed by atoms with E-state index in [4.69, 9.17) is 5.73 Å². The van der Waals surface area contributed by atoms with Crippen LogP contribution in [0.5, 0.6) is 0 Å².